The monoisotopic (exact) mass is 278 g/mol. The van der Waals surface area contributed by atoms with Crippen molar-refractivity contribution in [2.75, 3.05) is 0 Å². The molecule has 1 heterocycles. The number of carbonyl (C=O) groups is 1. The highest BCUT2D eigenvalue weighted by molar-refractivity contribution is 9.10. The Morgan fingerprint density at radius 1 is 1.38 bits per heavy atom. The van der Waals surface area contributed by atoms with E-state index < -0.39 is 5.97 Å². The fourth-order valence-corrected chi connectivity index (χ4v) is 1.77. The number of carboxylic acids is 1. The van der Waals surface area contributed by atoms with Crippen molar-refractivity contribution >= 4 is 21.9 Å². The largest absolute Gasteiger partial charge is 0.476 e. The maximum absolute atomic E-state index is 11.0. The van der Waals surface area contributed by atoms with Crippen molar-refractivity contribution in [1.82, 2.24) is 9.97 Å². The van der Waals surface area contributed by atoms with Gasteiger partial charge in [-0.1, -0.05) is 28.1 Å². The first-order valence-corrected chi connectivity index (χ1v) is 5.27. The second-order valence-corrected chi connectivity index (χ2v) is 4.02. The molecule has 0 amide bonds. The first-order valence-electron chi connectivity index (χ1n) is 4.47. The Hall–Kier alpha value is -1.75. The third-order valence-corrected chi connectivity index (χ3v) is 2.54. The van der Waals surface area contributed by atoms with Gasteiger partial charge in [0, 0.05) is 16.2 Å². The topological polar surface area (TPSA) is 63.1 Å². The number of aromatic nitrogens is 2. The molecule has 2 aromatic rings. The van der Waals surface area contributed by atoms with E-state index >= 15 is 0 Å². The number of halogens is 1. The van der Waals surface area contributed by atoms with E-state index in [4.69, 9.17) is 5.11 Å². The zero-order chi connectivity index (χ0) is 11.5. The number of benzene rings is 1. The molecular weight excluding hydrogens is 272 g/mol. The summed E-state index contributed by atoms with van der Waals surface area (Å²) in [7, 11) is 0. The lowest BCUT2D eigenvalue weighted by Gasteiger charge is -2.04. The highest BCUT2D eigenvalue weighted by Gasteiger charge is 2.13. The predicted octanol–water partition coefficient (Wildman–Crippen LogP) is 2.60. The third-order valence-electron chi connectivity index (χ3n) is 2.05. The van der Waals surface area contributed by atoms with Gasteiger partial charge in [0.2, 0.25) is 0 Å². The summed E-state index contributed by atoms with van der Waals surface area (Å²) in [5, 5.41) is 8.99. The van der Waals surface area contributed by atoms with Gasteiger partial charge in [0.05, 0.1) is 0 Å². The highest BCUT2D eigenvalue weighted by atomic mass is 79.9. The summed E-state index contributed by atoms with van der Waals surface area (Å²) in [4.78, 5) is 18.6. The summed E-state index contributed by atoms with van der Waals surface area (Å²) >= 11 is 3.33. The lowest BCUT2D eigenvalue weighted by molar-refractivity contribution is 0.0691. The third kappa shape index (κ3) is 2.09. The van der Waals surface area contributed by atoms with Gasteiger partial charge in [-0.25, -0.2) is 14.8 Å². The zero-order valence-corrected chi connectivity index (χ0v) is 9.68. The molecule has 0 aliphatic rings. The number of rotatable bonds is 2. The molecule has 0 bridgehead atoms. The quantitative estimate of drug-likeness (QED) is 0.917. The molecule has 2 rings (SSSR count). The van der Waals surface area contributed by atoms with Gasteiger partial charge >= 0.3 is 5.97 Å². The van der Waals surface area contributed by atoms with E-state index in [-0.39, 0.29) is 5.69 Å². The number of aromatic carboxylic acids is 1. The normalized spacial score (nSPS) is 10.1. The van der Waals surface area contributed by atoms with Gasteiger partial charge in [0.1, 0.15) is 6.33 Å². The molecule has 1 aromatic heterocycles. The summed E-state index contributed by atoms with van der Waals surface area (Å²) in [5.74, 6) is -1.06. The molecule has 1 N–H and O–H groups in total. The molecule has 0 fully saturated rings. The van der Waals surface area contributed by atoms with Gasteiger partial charge in [0.15, 0.2) is 5.69 Å². The minimum absolute atomic E-state index is 0.00750. The minimum Gasteiger partial charge on any atom is -0.476 e. The van der Waals surface area contributed by atoms with E-state index in [1.165, 1.54) is 12.5 Å². The number of hydrogen-bond donors (Lipinski definition) is 1. The molecule has 5 heteroatoms. The molecular formula is C11H7BrN2O2. The fourth-order valence-electron chi connectivity index (χ4n) is 1.37. The van der Waals surface area contributed by atoms with E-state index in [2.05, 4.69) is 25.9 Å². The Labute approximate surface area is 100 Å². The van der Waals surface area contributed by atoms with E-state index in [0.29, 0.717) is 5.56 Å². The average molecular weight is 279 g/mol. The molecule has 1 aromatic carbocycles. The average Bonchev–Trinajstić information content (AvgIpc) is 2.29. The van der Waals surface area contributed by atoms with Crippen LogP contribution in [0.1, 0.15) is 10.5 Å². The van der Waals surface area contributed by atoms with Crippen molar-refractivity contribution in [2.45, 2.75) is 0 Å². The van der Waals surface area contributed by atoms with Gasteiger partial charge in [-0.2, -0.15) is 0 Å². The molecule has 0 saturated carbocycles. The minimum atomic E-state index is -1.06. The number of hydrogen-bond acceptors (Lipinski definition) is 3. The molecule has 0 saturated heterocycles. The summed E-state index contributed by atoms with van der Waals surface area (Å²) < 4.78 is 0.880. The number of carboxylic acid groups (broad SMARTS) is 1. The molecule has 0 atom stereocenters. The van der Waals surface area contributed by atoms with Crippen molar-refractivity contribution in [2.24, 2.45) is 0 Å². The Kier molecular flexibility index (Phi) is 2.96. The molecule has 0 aliphatic carbocycles. The maximum Gasteiger partial charge on any atom is 0.355 e. The zero-order valence-electron chi connectivity index (χ0n) is 8.09. The van der Waals surface area contributed by atoms with Crippen LogP contribution in [-0.2, 0) is 0 Å². The predicted molar refractivity (Wildman–Crippen MR) is 62.1 cm³/mol. The van der Waals surface area contributed by atoms with Crippen molar-refractivity contribution in [3.8, 4) is 11.1 Å². The summed E-state index contributed by atoms with van der Waals surface area (Å²) in [6.45, 7) is 0. The van der Waals surface area contributed by atoms with Gasteiger partial charge in [-0.05, 0) is 17.7 Å². The van der Waals surface area contributed by atoms with Crippen LogP contribution in [0, 0.1) is 0 Å². The van der Waals surface area contributed by atoms with Crippen LogP contribution in [0.4, 0.5) is 0 Å². The maximum atomic E-state index is 11.0. The van der Waals surface area contributed by atoms with Crippen molar-refractivity contribution in [3.63, 3.8) is 0 Å². The standard InChI is InChI=1S/C11H7BrN2O2/c12-8-3-1-2-7(4-8)9-5-13-6-14-10(9)11(15)16/h1-6H,(H,15,16). The number of nitrogens with zero attached hydrogens (tertiary/aromatic N) is 2. The lowest BCUT2D eigenvalue weighted by atomic mass is 10.1. The Morgan fingerprint density at radius 3 is 2.88 bits per heavy atom. The molecule has 0 unspecified atom stereocenters. The van der Waals surface area contributed by atoms with Crippen molar-refractivity contribution in [1.29, 1.82) is 0 Å². The Balaban J connectivity index is 2.60. The van der Waals surface area contributed by atoms with Crippen LogP contribution >= 0.6 is 15.9 Å². The van der Waals surface area contributed by atoms with Crippen molar-refractivity contribution in [3.05, 3.63) is 47.0 Å². The van der Waals surface area contributed by atoms with E-state index in [0.717, 1.165) is 10.0 Å². The van der Waals surface area contributed by atoms with Crippen molar-refractivity contribution < 1.29 is 9.90 Å². The van der Waals surface area contributed by atoms with Crippen LogP contribution in [-0.4, -0.2) is 21.0 Å². The van der Waals surface area contributed by atoms with Crippen LogP contribution in [0.15, 0.2) is 41.3 Å². The smallest absolute Gasteiger partial charge is 0.355 e. The Bertz CT molecular complexity index is 543. The van der Waals surface area contributed by atoms with Crippen LogP contribution in [0.25, 0.3) is 11.1 Å². The second kappa shape index (κ2) is 4.40. The lowest BCUT2D eigenvalue weighted by Crippen LogP contribution is -2.03. The molecule has 4 nitrogen and oxygen atoms in total. The van der Waals surface area contributed by atoms with E-state index in [1.807, 2.05) is 24.3 Å². The fraction of sp³-hybridized carbons (Fsp3) is 0. The molecule has 0 spiro atoms. The summed E-state index contributed by atoms with van der Waals surface area (Å²) in [6, 6.07) is 7.34. The van der Waals surface area contributed by atoms with Gasteiger partial charge in [-0.3, -0.25) is 0 Å². The second-order valence-electron chi connectivity index (χ2n) is 3.10. The van der Waals surface area contributed by atoms with Gasteiger partial charge in [0.25, 0.3) is 0 Å². The summed E-state index contributed by atoms with van der Waals surface area (Å²) in [6.07, 6.45) is 2.73. The SMILES string of the molecule is O=C(O)c1ncncc1-c1cccc(Br)c1. The highest BCUT2D eigenvalue weighted by Crippen LogP contribution is 2.24. The molecule has 0 aliphatic heterocycles. The van der Waals surface area contributed by atoms with Gasteiger partial charge in [-0.15, -0.1) is 0 Å². The Morgan fingerprint density at radius 2 is 2.19 bits per heavy atom. The van der Waals surface area contributed by atoms with Crippen LogP contribution in [0.2, 0.25) is 0 Å². The van der Waals surface area contributed by atoms with Crippen LogP contribution in [0.3, 0.4) is 0 Å². The molecule has 80 valence electrons. The molecule has 0 radical (unpaired) electrons. The van der Waals surface area contributed by atoms with Crippen LogP contribution < -0.4 is 0 Å². The molecule has 16 heavy (non-hydrogen) atoms. The first kappa shape index (κ1) is 10.8. The van der Waals surface area contributed by atoms with E-state index in [1.54, 1.807) is 0 Å². The summed E-state index contributed by atoms with van der Waals surface area (Å²) in [5.41, 5.74) is 1.29. The van der Waals surface area contributed by atoms with Crippen LogP contribution in [0.5, 0.6) is 0 Å². The first-order chi connectivity index (χ1) is 7.68. The van der Waals surface area contributed by atoms with Gasteiger partial charge < -0.3 is 5.11 Å². The van der Waals surface area contributed by atoms with E-state index in [9.17, 15) is 4.79 Å².